The van der Waals surface area contributed by atoms with Gasteiger partial charge < -0.3 is 19.7 Å². The van der Waals surface area contributed by atoms with Crippen LogP contribution in [0.1, 0.15) is 28.9 Å². The van der Waals surface area contributed by atoms with E-state index in [1.807, 2.05) is 18.2 Å². The number of nitrogens with one attached hydrogen (secondary N) is 1. The summed E-state index contributed by atoms with van der Waals surface area (Å²) in [5.74, 6) is 1.16. The van der Waals surface area contributed by atoms with Crippen LogP contribution in [0.3, 0.4) is 0 Å². The van der Waals surface area contributed by atoms with Crippen molar-refractivity contribution in [3.63, 3.8) is 0 Å². The number of benzene rings is 1. The van der Waals surface area contributed by atoms with Gasteiger partial charge in [0.15, 0.2) is 0 Å². The van der Waals surface area contributed by atoms with E-state index in [-0.39, 0.29) is 11.9 Å². The molecule has 2 aromatic rings. The lowest BCUT2D eigenvalue weighted by Gasteiger charge is -2.28. The van der Waals surface area contributed by atoms with Crippen molar-refractivity contribution < 1.29 is 14.3 Å². The largest absolute Gasteiger partial charge is 0.463 e. The van der Waals surface area contributed by atoms with Crippen LogP contribution in [-0.4, -0.2) is 55.3 Å². The topological polar surface area (TPSA) is 76.6 Å². The minimum absolute atomic E-state index is 0.170. The molecule has 1 saturated carbocycles. The van der Waals surface area contributed by atoms with Crippen molar-refractivity contribution in [1.29, 1.82) is 0 Å². The van der Waals surface area contributed by atoms with Gasteiger partial charge in [-0.1, -0.05) is 30.3 Å². The zero-order valence-corrected chi connectivity index (χ0v) is 16.0. The average Bonchev–Trinajstić information content (AvgIpc) is 3.58. The lowest BCUT2D eigenvalue weighted by atomic mass is 10.2. The highest BCUT2D eigenvalue weighted by atomic mass is 16.5. The van der Waals surface area contributed by atoms with E-state index in [0.717, 1.165) is 19.5 Å². The summed E-state index contributed by atoms with van der Waals surface area (Å²) >= 11 is 0. The number of morpholine rings is 1. The van der Waals surface area contributed by atoms with E-state index in [1.54, 1.807) is 6.07 Å². The van der Waals surface area contributed by atoms with E-state index >= 15 is 0 Å². The Labute approximate surface area is 165 Å². The summed E-state index contributed by atoms with van der Waals surface area (Å²) in [7, 11) is 0. The van der Waals surface area contributed by atoms with Crippen molar-refractivity contribution in [2.45, 2.75) is 19.3 Å². The first-order chi connectivity index (χ1) is 13.8. The Balaban J connectivity index is 1.46. The highest BCUT2D eigenvalue weighted by Gasteiger charge is 2.23. The normalized spacial score (nSPS) is 16.6. The van der Waals surface area contributed by atoms with Crippen LogP contribution in [0.2, 0.25) is 0 Å². The maximum Gasteiger partial charge on any atom is 0.319 e. The maximum absolute atomic E-state index is 12.6. The standard InChI is InChI=1S/C21H26N4O3/c26-20(22-15-17-6-7-17)18-14-19(25-9-12-27-13-10-25)24-21(23-18)28-11-8-16-4-2-1-3-5-16/h1-5,14,17H,6-13,15H2,(H,22,26). The van der Waals surface area contributed by atoms with Gasteiger partial charge in [0.1, 0.15) is 11.5 Å². The van der Waals surface area contributed by atoms with Crippen molar-refractivity contribution in [2.75, 3.05) is 44.4 Å². The summed E-state index contributed by atoms with van der Waals surface area (Å²) < 4.78 is 11.2. The third kappa shape index (κ3) is 5.19. The molecular weight excluding hydrogens is 356 g/mol. The van der Waals surface area contributed by atoms with Crippen LogP contribution in [0.15, 0.2) is 36.4 Å². The highest BCUT2D eigenvalue weighted by Crippen LogP contribution is 2.27. The van der Waals surface area contributed by atoms with Gasteiger partial charge in [-0.25, -0.2) is 0 Å². The fraction of sp³-hybridized carbons (Fsp3) is 0.476. The van der Waals surface area contributed by atoms with Crippen molar-refractivity contribution in [2.24, 2.45) is 5.92 Å². The van der Waals surface area contributed by atoms with E-state index in [9.17, 15) is 4.79 Å². The van der Waals surface area contributed by atoms with Crippen LogP contribution >= 0.6 is 0 Å². The van der Waals surface area contributed by atoms with Crippen molar-refractivity contribution in [3.05, 3.63) is 47.7 Å². The maximum atomic E-state index is 12.6. The van der Waals surface area contributed by atoms with Crippen molar-refractivity contribution >= 4 is 11.7 Å². The predicted molar refractivity (Wildman–Crippen MR) is 106 cm³/mol. The van der Waals surface area contributed by atoms with Gasteiger partial charge >= 0.3 is 6.01 Å². The van der Waals surface area contributed by atoms with Gasteiger partial charge in [0.2, 0.25) is 0 Å². The zero-order valence-electron chi connectivity index (χ0n) is 16.0. The first-order valence-corrected chi connectivity index (χ1v) is 9.94. The molecule has 7 heteroatoms. The fourth-order valence-electron chi connectivity index (χ4n) is 3.10. The molecule has 1 amide bonds. The van der Waals surface area contributed by atoms with E-state index in [1.165, 1.54) is 18.4 Å². The molecule has 1 aromatic carbocycles. The molecular formula is C21H26N4O3. The van der Waals surface area contributed by atoms with Crippen LogP contribution in [0.5, 0.6) is 6.01 Å². The second-order valence-electron chi connectivity index (χ2n) is 7.23. The van der Waals surface area contributed by atoms with Crippen molar-refractivity contribution in [3.8, 4) is 6.01 Å². The van der Waals surface area contributed by atoms with Crippen molar-refractivity contribution in [1.82, 2.24) is 15.3 Å². The third-order valence-corrected chi connectivity index (χ3v) is 4.97. The summed E-state index contributed by atoms with van der Waals surface area (Å²) in [4.78, 5) is 23.6. The summed E-state index contributed by atoms with van der Waals surface area (Å²) in [6, 6.07) is 12.1. The molecule has 2 heterocycles. The summed E-state index contributed by atoms with van der Waals surface area (Å²) in [5.41, 5.74) is 1.54. The number of carbonyl (C=O) groups is 1. The molecule has 0 atom stereocenters. The number of hydrogen-bond donors (Lipinski definition) is 1. The number of hydrogen-bond acceptors (Lipinski definition) is 6. The molecule has 0 bridgehead atoms. The number of carbonyl (C=O) groups excluding carboxylic acids is 1. The van der Waals surface area contributed by atoms with Crippen LogP contribution < -0.4 is 15.0 Å². The predicted octanol–water partition coefficient (Wildman–Crippen LogP) is 2.07. The molecule has 1 N–H and O–H groups in total. The average molecular weight is 382 g/mol. The van der Waals surface area contributed by atoms with Crippen LogP contribution in [0, 0.1) is 5.92 Å². The molecule has 148 valence electrons. The lowest BCUT2D eigenvalue weighted by Crippen LogP contribution is -2.37. The molecule has 1 aliphatic carbocycles. The van der Waals surface area contributed by atoms with Gasteiger partial charge in [-0.3, -0.25) is 4.79 Å². The second kappa shape index (κ2) is 9.01. The van der Waals surface area contributed by atoms with Gasteiger partial charge in [-0.15, -0.1) is 0 Å². The summed E-state index contributed by atoms with van der Waals surface area (Å²) in [6.45, 7) is 3.95. The smallest absolute Gasteiger partial charge is 0.319 e. The van der Waals surface area contributed by atoms with Crippen LogP contribution in [-0.2, 0) is 11.2 Å². The lowest BCUT2D eigenvalue weighted by molar-refractivity contribution is 0.0945. The minimum Gasteiger partial charge on any atom is -0.463 e. The summed E-state index contributed by atoms with van der Waals surface area (Å²) in [6.07, 6.45) is 3.14. The molecule has 0 unspecified atom stereocenters. The number of amides is 1. The Bertz CT molecular complexity index is 789. The van der Waals surface area contributed by atoms with Gasteiger partial charge in [0, 0.05) is 32.1 Å². The second-order valence-corrected chi connectivity index (χ2v) is 7.23. The number of nitrogens with zero attached hydrogens (tertiary/aromatic N) is 3. The molecule has 1 saturated heterocycles. The fourth-order valence-corrected chi connectivity index (χ4v) is 3.10. The van der Waals surface area contributed by atoms with E-state index in [4.69, 9.17) is 9.47 Å². The molecule has 2 fully saturated rings. The van der Waals surface area contributed by atoms with Gasteiger partial charge in [-0.05, 0) is 24.3 Å². The molecule has 4 rings (SSSR count). The molecule has 0 radical (unpaired) electrons. The number of rotatable bonds is 8. The first kappa shape index (κ1) is 18.7. The van der Waals surface area contributed by atoms with Gasteiger partial charge in [0.25, 0.3) is 5.91 Å². The SMILES string of the molecule is O=C(NCC1CC1)c1cc(N2CCOCC2)nc(OCCc2ccccc2)n1. The van der Waals surface area contributed by atoms with E-state index < -0.39 is 0 Å². The Morgan fingerprint density at radius 2 is 1.96 bits per heavy atom. The van der Waals surface area contributed by atoms with E-state index in [2.05, 4.69) is 32.3 Å². The number of ether oxygens (including phenoxy) is 2. The Hall–Kier alpha value is -2.67. The molecule has 7 nitrogen and oxygen atoms in total. The Kier molecular flexibility index (Phi) is 6.01. The molecule has 1 aromatic heterocycles. The highest BCUT2D eigenvalue weighted by molar-refractivity contribution is 5.93. The Morgan fingerprint density at radius 3 is 2.71 bits per heavy atom. The van der Waals surface area contributed by atoms with Gasteiger partial charge in [-0.2, -0.15) is 9.97 Å². The molecule has 2 aliphatic rings. The number of aromatic nitrogens is 2. The number of anilines is 1. The quantitative estimate of drug-likeness (QED) is 0.753. The monoisotopic (exact) mass is 382 g/mol. The minimum atomic E-state index is -0.170. The third-order valence-electron chi connectivity index (χ3n) is 4.97. The summed E-state index contributed by atoms with van der Waals surface area (Å²) in [5, 5.41) is 2.97. The molecule has 28 heavy (non-hydrogen) atoms. The Morgan fingerprint density at radius 1 is 1.18 bits per heavy atom. The molecule has 1 aliphatic heterocycles. The van der Waals surface area contributed by atoms with Crippen LogP contribution in [0.25, 0.3) is 0 Å². The van der Waals surface area contributed by atoms with E-state index in [0.29, 0.717) is 43.8 Å². The zero-order chi connectivity index (χ0) is 19.2. The van der Waals surface area contributed by atoms with Gasteiger partial charge in [0.05, 0.1) is 19.8 Å². The van der Waals surface area contributed by atoms with Crippen LogP contribution in [0.4, 0.5) is 5.82 Å². The molecule has 0 spiro atoms. The first-order valence-electron chi connectivity index (χ1n) is 9.94.